The van der Waals surface area contributed by atoms with Gasteiger partial charge in [0.05, 0.1) is 27.4 Å². The molecule has 1 amide bonds. The third-order valence-corrected chi connectivity index (χ3v) is 6.39. The molecule has 0 spiro atoms. The van der Waals surface area contributed by atoms with Gasteiger partial charge in [-0.2, -0.15) is 0 Å². The molecule has 1 aromatic heterocycles. The molecule has 4 aromatic rings. The van der Waals surface area contributed by atoms with Crippen LogP contribution in [0.5, 0.6) is 0 Å². The molecule has 35 heavy (non-hydrogen) atoms. The Labute approximate surface area is 210 Å². The number of anilines is 2. The third-order valence-electron chi connectivity index (χ3n) is 5.02. The number of hydrogen-bond acceptors (Lipinski definition) is 7. The van der Waals surface area contributed by atoms with Crippen molar-refractivity contribution in [3.63, 3.8) is 0 Å². The van der Waals surface area contributed by atoms with Gasteiger partial charge in [0.2, 0.25) is 5.91 Å². The van der Waals surface area contributed by atoms with E-state index in [1.54, 1.807) is 13.0 Å². The van der Waals surface area contributed by atoms with Crippen molar-refractivity contribution in [2.75, 3.05) is 10.6 Å². The van der Waals surface area contributed by atoms with Crippen molar-refractivity contribution in [3.05, 3.63) is 99.8 Å². The number of thioether (sulfide) groups is 1. The number of rotatable bonds is 9. The molecule has 11 heteroatoms. The lowest BCUT2D eigenvalue weighted by Crippen LogP contribution is -2.23. The first kappa shape index (κ1) is 24.2. The van der Waals surface area contributed by atoms with Crippen LogP contribution in [-0.4, -0.2) is 30.8 Å². The van der Waals surface area contributed by atoms with Gasteiger partial charge in [0.15, 0.2) is 11.0 Å². The third kappa shape index (κ3) is 5.97. The van der Waals surface area contributed by atoms with Gasteiger partial charge in [-0.3, -0.25) is 19.5 Å². The van der Waals surface area contributed by atoms with E-state index in [-0.39, 0.29) is 11.6 Å². The van der Waals surface area contributed by atoms with E-state index in [4.69, 9.17) is 11.6 Å². The highest BCUT2D eigenvalue weighted by Gasteiger charge is 2.21. The van der Waals surface area contributed by atoms with E-state index < -0.39 is 10.2 Å². The number of carbonyl (C=O) groups is 1. The number of hydrogen-bond donors (Lipinski definition) is 2. The van der Waals surface area contributed by atoms with Gasteiger partial charge in [-0.25, -0.2) is 0 Å². The first-order valence-electron chi connectivity index (χ1n) is 10.6. The van der Waals surface area contributed by atoms with Gasteiger partial charge in [-0.1, -0.05) is 53.7 Å². The molecule has 0 saturated carbocycles. The fourth-order valence-corrected chi connectivity index (χ4v) is 4.32. The summed E-state index contributed by atoms with van der Waals surface area (Å²) in [6.45, 7) is 2.13. The van der Waals surface area contributed by atoms with Crippen LogP contribution in [0, 0.1) is 10.1 Å². The molecule has 0 saturated heterocycles. The topological polar surface area (TPSA) is 115 Å². The summed E-state index contributed by atoms with van der Waals surface area (Å²) < 4.78 is 1.89. The predicted molar refractivity (Wildman–Crippen MR) is 137 cm³/mol. The van der Waals surface area contributed by atoms with Crippen molar-refractivity contribution in [2.45, 2.75) is 23.9 Å². The highest BCUT2D eigenvalue weighted by atomic mass is 35.5. The summed E-state index contributed by atoms with van der Waals surface area (Å²) in [6.07, 6.45) is 0. The van der Waals surface area contributed by atoms with Crippen molar-refractivity contribution < 1.29 is 9.72 Å². The Morgan fingerprint density at radius 1 is 1.06 bits per heavy atom. The van der Waals surface area contributed by atoms with Crippen molar-refractivity contribution in [2.24, 2.45) is 0 Å². The predicted octanol–water partition coefficient (Wildman–Crippen LogP) is 5.56. The summed E-state index contributed by atoms with van der Waals surface area (Å²) in [7, 11) is 0. The molecule has 0 radical (unpaired) electrons. The lowest BCUT2D eigenvalue weighted by Gasteiger charge is -2.14. The van der Waals surface area contributed by atoms with Gasteiger partial charge in [-0.05, 0) is 43.3 Å². The minimum absolute atomic E-state index is 0.0423. The smallest absolute Gasteiger partial charge is 0.269 e. The summed E-state index contributed by atoms with van der Waals surface area (Å²) in [6, 6.07) is 22.8. The van der Waals surface area contributed by atoms with Crippen molar-refractivity contribution in [1.29, 1.82) is 0 Å². The average Bonchev–Trinajstić information content (AvgIpc) is 3.26. The van der Waals surface area contributed by atoms with Crippen molar-refractivity contribution in [1.82, 2.24) is 14.8 Å². The van der Waals surface area contributed by atoms with Gasteiger partial charge in [0, 0.05) is 23.5 Å². The van der Waals surface area contributed by atoms with Crippen molar-refractivity contribution in [3.8, 4) is 5.69 Å². The summed E-state index contributed by atoms with van der Waals surface area (Å²) in [4.78, 5) is 23.1. The Morgan fingerprint density at radius 3 is 2.43 bits per heavy atom. The molecule has 178 valence electrons. The first-order chi connectivity index (χ1) is 16.9. The van der Waals surface area contributed by atoms with Crippen LogP contribution in [0.15, 0.2) is 84.0 Å². The van der Waals surface area contributed by atoms with Crippen LogP contribution in [0.3, 0.4) is 0 Å². The molecule has 3 aromatic carbocycles. The number of nitro groups is 1. The standard InChI is InChI=1S/C24H21ClN6O3S/c1-16(23(32)27-17-11-13-19(14-12-17)31(33)34)35-24-29-28-22(30(24)18-7-3-2-4-8-18)15-26-21-10-6-5-9-20(21)25/h2-14,16,26H,15H2,1H3,(H,27,32)/t16-/m0/s1. The van der Waals surface area contributed by atoms with Crippen LogP contribution >= 0.6 is 23.4 Å². The molecule has 0 unspecified atom stereocenters. The first-order valence-corrected chi connectivity index (χ1v) is 11.9. The molecule has 1 heterocycles. The summed E-state index contributed by atoms with van der Waals surface area (Å²) in [5, 5.41) is 26.2. The molecule has 2 N–H and O–H groups in total. The number of carbonyl (C=O) groups excluding carboxylic acids is 1. The van der Waals surface area contributed by atoms with Crippen LogP contribution in [-0.2, 0) is 11.3 Å². The molecule has 1 atom stereocenters. The molecule has 0 aliphatic heterocycles. The van der Waals surface area contributed by atoms with E-state index in [0.29, 0.717) is 28.2 Å². The summed E-state index contributed by atoms with van der Waals surface area (Å²) in [5.74, 6) is 0.392. The maximum absolute atomic E-state index is 12.8. The second-order valence-electron chi connectivity index (χ2n) is 7.46. The zero-order valence-electron chi connectivity index (χ0n) is 18.6. The normalized spacial score (nSPS) is 11.6. The largest absolute Gasteiger partial charge is 0.377 e. The number of aromatic nitrogens is 3. The van der Waals surface area contributed by atoms with Gasteiger partial charge < -0.3 is 10.6 Å². The molecular formula is C24H21ClN6O3S. The molecule has 9 nitrogen and oxygen atoms in total. The van der Waals surface area contributed by atoms with E-state index in [2.05, 4.69) is 20.8 Å². The Bertz CT molecular complexity index is 1330. The number of halogens is 1. The number of nitrogens with one attached hydrogen (secondary N) is 2. The molecule has 0 fully saturated rings. The summed E-state index contributed by atoms with van der Waals surface area (Å²) >= 11 is 7.52. The summed E-state index contributed by atoms with van der Waals surface area (Å²) in [5.41, 5.74) is 2.07. The van der Waals surface area contributed by atoms with Crippen LogP contribution in [0.25, 0.3) is 5.69 Å². The zero-order valence-corrected chi connectivity index (χ0v) is 20.2. The van der Waals surface area contributed by atoms with Gasteiger partial charge in [-0.15, -0.1) is 10.2 Å². The Hall–Kier alpha value is -3.89. The number of para-hydroxylation sites is 2. The highest BCUT2D eigenvalue weighted by molar-refractivity contribution is 8.00. The SMILES string of the molecule is C[C@H](Sc1nnc(CNc2ccccc2Cl)n1-c1ccccc1)C(=O)Nc1ccc([N+](=O)[O-])cc1. The minimum Gasteiger partial charge on any atom is -0.377 e. The maximum atomic E-state index is 12.8. The van der Waals surface area contributed by atoms with Crippen LogP contribution < -0.4 is 10.6 Å². The van der Waals surface area contributed by atoms with Crippen LogP contribution in [0.2, 0.25) is 5.02 Å². The van der Waals surface area contributed by atoms with Crippen LogP contribution in [0.4, 0.5) is 17.1 Å². The molecule has 4 rings (SSSR count). The zero-order chi connectivity index (χ0) is 24.8. The lowest BCUT2D eigenvalue weighted by atomic mass is 10.3. The molecule has 0 aliphatic rings. The Balaban J connectivity index is 1.51. The minimum atomic E-state index is -0.513. The van der Waals surface area contributed by atoms with E-state index in [9.17, 15) is 14.9 Å². The lowest BCUT2D eigenvalue weighted by molar-refractivity contribution is -0.384. The highest BCUT2D eigenvalue weighted by Crippen LogP contribution is 2.28. The van der Waals surface area contributed by atoms with Gasteiger partial charge >= 0.3 is 0 Å². The van der Waals surface area contributed by atoms with Gasteiger partial charge in [0.25, 0.3) is 5.69 Å². The van der Waals surface area contributed by atoms with Gasteiger partial charge in [0.1, 0.15) is 0 Å². The monoisotopic (exact) mass is 508 g/mol. The second-order valence-corrected chi connectivity index (χ2v) is 9.17. The average molecular weight is 509 g/mol. The molecule has 0 bridgehead atoms. The van der Waals surface area contributed by atoms with E-state index in [0.717, 1.165) is 11.4 Å². The Morgan fingerprint density at radius 2 is 1.74 bits per heavy atom. The maximum Gasteiger partial charge on any atom is 0.269 e. The van der Waals surface area contributed by atoms with E-state index in [1.807, 2.05) is 53.1 Å². The van der Waals surface area contributed by atoms with E-state index >= 15 is 0 Å². The second kappa shape index (κ2) is 11.0. The quantitative estimate of drug-likeness (QED) is 0.173. The fourth-order valence-electron chi connectivity index (χ4n) is 3.23. The van der Waals surface area contributed by atoms with E-state index in [1.165, 1.54) is 36.0 Å². The number of non-ortho nitro benzene ring substituents is 1. The van der Waals surface area contributed by atoms with Crippen LogP contribution in [0.1, 0.15) is 12.7 Å². The fraction of sp³-hybridized carbons (Fsp3) is 0.125. The number of nitro benzene ring substituents is 1. The number of amides is 1. The Kier molecular flexibility index (Phi) is 7.64. The molecule has 0 aliphatic carbocycles. The molecular weight excluding hydrogens is 488 g/mol. The van der Waals surface area contributed by atoms with Crippen molar-refractivity contribution >= 4 is 46.3 Å². The number of nitrogens with zero attached hydrogens (tertiary/aromatic N) is 4. The number of benzene rings is 3.